The van der Waals surface area contributed by atoms with Crippen LogP contribution in [0, 0.1) is 13.8 Å². The van der Waals surface area contributed by atoms with E-state index in [-0.39, 0.29) is 5.97 Å². The Morgan fingerprint density at radius 2 is 2.00 bits per heavy atom. The molecular formula is C12H19BrN2O2. The van der Waals surface area contributed by atoms with E-state index in [0.717, 1.165) is 15.9 Å². The lowest BCUT2D eigenvalue weighted by Gasteiger charge is -2.19. The molecule has 0 N–H and O–H groups in total. The molecule has 0 unspecified atom stereocenters. The molecule has 4 nitrogen and oxygen atoms in total. The Bertz CT molecular complexity index is 419. The summed E-state index contributed by atoms with van der Waals surface area (Å²) in [5.74, 6) is -0.193. The van der Waals surface area contributed by atoms with E-state index in [4.69, 9.17) is 4.74 Å². The minimum Gasteiger partial charge on any atom is -0.460 e. The largest absolute Gasteiger partial charge is 0.460 e. The molecule has 1 aromatic rings. The average Bonchev–Trinajstić information content (AvgIpc) is 2.40. The minimum absolute atomic E-state index is 0.193. The molecule has 1 heterocycles. The number of hydrogen-bond donors (Lipinski definition) is 0. The van der Waals surface area contributed by atoms with Crippen molar-refractivity contribution in [3.8, 4) is 0 Å². The standard InChI is InChI=1S/C12H19BrN2O2/c1-8-11(13)9(2)15(14-8)7-6-10(16)17-12(3,4)5/h6-7H2,1-5H3. The third-order valence-corrected chi connectivity index (χ3v) is 3.39. The van der Waals surface area contributed by atoms with Gasteiger partial charge in [-0.2, -0.15) is 5.10 Å². The Labute approximate surface area is 110 Å². The number of aryl methyl sites for hydroxylation is 2. The first-order valence-corrected chi connectivity index (χ1v) is 6.41. The van der Waals surface area contributed by atoms with Gasteiger partial charge in [0.05, 0.1) is 23.1 Å². The first-order valence-electron chi connectivity index (χ1n) is 5.62. The maximum atomic E-state index is 11.6. The molecule has 96 valence electrons. The Balaban J connectivity index is 2.56. The van der Waals surface area contributed by atoms with Crippen LogP contribution >= 0.6 is 15.9 Å². The third kappa shape index (κ3) is 4.15. The van der Waals surface area contributed by atoms with Gasteiger partial charge in [-0.15, -0.1) is 0 Å². The van der Waals surface area contributed by atoms with Crippen molar-refractivity contribution < 1.29 is 9.53 Å². The van der Waals surface area contributed by atoms with Crippen molar-refractivity contribution >= 4 is 21.9 Å². The highest BCUT2D eigenvalue weighted by Crippen LogP contribution is 2.20. The number of carbonyl (C=O) groups is 1. The van der Waals surface area contributed by atoms with Crippen LogP contribution in [-0.2, 0) is 16.1 Å². The van der Waals surface area contributed by atoms with Crippen molar-refractivity contribution in [3.05, 3.63) is 15.9 Å². The van der Waals surface area contributed by atoms with Crippen LogP contribution in [0.1, 0.15) is 38.6 Å². The van der Waals surface area contributed by atoms with E-state index in [1.165, 1.54) is 0 Å². The van der Waals surface area contributed by atoms with E-state index < -0.39 is 5.60 Å². The smallest absolute Gasteiger partial charge is 0.308 e. The monoisotopic (exact) mass is 302 g/mol. The van der Waals surface area contributed by atoms with Crippen LogP contribution in [0.4, 0.5) is 0 Å². The number of nitrogens with zero attached hydrogens (tertiary/aromatic N) is 2. The fourth-order valence-electron chi connectivity index (χ4n) is 1.48. The number of aromatic nitrogens is 2. The van der Waals surface area contributed by atoms with Crippen LogP contribution in [0.25, 0.3) is 0 Å². The zero-order chi connectivity index (χ0) is 13.2. The summed E-state index contributed by atoms with van der Waals surface area (Å²) in [6.07, 6.45) is 0.339. The Hall–Kier alpha value is -0.840. The average molecular weight is 303 g/mol. The molecule has 5 heteroatoms. The fourth-order valence-corrected chi connectivity index (χ4v) is 1.77. The molecular weight excluding hydrogens is 284 g/mol. The SMILES string of the molecule is Cc1nn(CCC(=O)OC(C)(C)C)c(C)c1Br. The predicted molar refractivity (Wildman–Crippen MR) is 69.9 cm³/mol. The summed E-state index contributed by atoms with van der Waals surface area (Å²) in [7, 11) is 0. The van der Waals surface area contributed by atoms with Gasteiger partial charge in [-0.25, -0.2) is 0 Å². The van der Waals surface area contributed by atoms with Crippen LogP contribution in [0.15, 0.2) is 4.47 Å². The van der Waals surface area contributed by atoms with Crippen molar-refractivity contribution in [2.75, 3.05) is 0 Å². The van der Waals surface area contributed by atoms with Crippen molar-refractivity contribution in [1.29, 1.82) is 0 Å². The Kier molecular flexibility index (Phi) is 4.36. The molecule has 0 bridgehead atoms. The summed E-state index contributed by atoms with van der Waals surface area (Å²) in [4.78, 5) is 11.6. The molecule has 0 amide bonds. The highest BCUT2D eigenvalue weighted by atomic mass is 79.9. The van der Waals surface area contributed by atoms with Gasteiger partial charge in [0.2, 0.25) is 0 Å². The van der Waals surface area contributed by atoms with E-state index in [9.17, 15) is 4.79 Å². The molecule has 0 fully saturated rings. The van der Waals surface area contributed by atoms with Gasteiger partial charge in [0.15, 0.2) is 0 Å². The lowest BCUT2D eigenvalue weighted by molar-refractivity contribution is -0.155. The van der Waals surface area contributed by atoms with Gasteiger partial charge in [0.1, 0.15) is 5.60 Å². The van der Waals surface area contributed by atoms with E-state index >= 15 is 0 Å². The quantitative estimate of drug-likeness (QED) is 0.806. The molecule has 0 aliphatic carbocycles. The van der Waals surface area contributed by atoms with E-state index in [1.807, 2.05) is 39.3 Å². The lowest BCUT2D eigenvalue weighted by Crippen LogP contribution is -2.24. The maximum absolute atomic E-state index is 11.6. The van der Waals surface area contributed by atoms with Crippen molar-refractivity contribution in [1.82, 2.24) is 9.78 Å². The predicted octanol–water partition coefficient (Wildman–Crippen LogP) is 2.99. The summed E-state index contributed by atoms with van der Waals surface area (Å²) < 4.78 is 8.07. The topological polar surface area (TPSA) is 44.1 Å². The zero-order valence-corrected chi connectivity index (χ0v) is 12.6. The molecule has 0 aliphatic heterocycles. The number of hydrogen-bond acceptors (Lipinski definition) is 3. The number of rotatable bonds is 3. The highest BCUT2D eigenvalue weighted by molar-refractivity contribution is 9.10. The van der Waals surface area contributed by atoms with Gasteiger partial charge in [-0.1, -0.05) is 0 Å². The zero-order valence-electron chi connectivity index (χ0n) is 11.0. The van der Waals surface area contributed by atoms with E-state index in [2.05, 4.69) is 21.0 Å². The summed E-state index contributed by atoms with van der Waals surface area (Å²) in [6.45, 7) is 10.0. The number of carbonyl (C=O) groups excluding carboxylic acids is 1. The van der Waals surface area contributed by atoms with Crippen LogP contribution in [0.2, 0.25) is 0 Å². The molecule has 0 saturated heterocycles. The maximum Gasteiger partial charge on any atom is 0.308 e. The van der Waals surface area contributed by atoms with Gasteiger partial charge in [-0.3, -0.25) is 9.48 Å². The molecule has 1 rings (SSSR count). The van der Waals surface area contributed by atoms with Crippen LogP contribution in [0.5, 0.6) is 0 Å². The van der Waals surface area contributed by atoms with Crippen LogP contribution in [-0.4, -0.2) is 21.4 Å². The molecule has 17 heavy (non-hydrogen) atoms. The first kappa shape index (κ1) is 14.2. The lowest BCUT2D eigenvalue weighted by atomic mass is 10.2. The fraction of sp³-hybridized carbons (Fsp3) is 0.667. The van der Waals surface area contributed by atoms with Crippen LogP contribution in [0.3, 0.4) is 0 Å². The second-order valence-electron chi connectivity index (χ2n) is 5.04. The molecule has 0 aromatic carbocycles. The molecule has 1 aromatic heterocycles. The summed E-state index contributed by atoms with van der Waals surface area (Å²) in [6, 6.07) is 0. The second-order valence-corrected chi connectivity index (χ2v) is 5.84. The molecule has 0 aliphatic rings. The second kappa shape index (κ2) is 5.21. The van der Waals surface area contributed by atoms with E-state index in [1.54, 1.807) is 0 Å². The summed E-state index contributed by atoms with van der Waals surface area (Å²) in [5.41, 5.74) is 1.55. The van der Waals surface area contributed by atoms with Crippen LogP contribution < -0.4 is 0 Å². The molecule has 0 atom stereocenters. The van der Waals surface area contributed by atoms with Crippen molar-refractivity contribution in [3.63, 3.8) is 0 Å². The van der Waals surface area contributed by atoms with Crippen molar-refractivity contribution in [2.45, 2.75) is 53.2 Å². The van der Waals surface area contributed by atoms with Gasteiger partial charge in [0.25, 0.3) is 0 Å². The van der Waals surface area contributed by atoms with Gasteiger partial charge >= 0.3 is 5.97 Å². The summed E-state index contributed by atoms with van der Waals surface area (Å²) in [5, 5.41) is 4.34. The Morgan fingerprint density at radius 1 is 1.41 bits per heavy atom. The van der Waals surface area contributed by atoms with Gasteiger partial charge in [0, 0.05) is 5.69 Å². The van der Waals surface area contributed by atoms with Gasteiger partial charge in [-0.05, 0) is 50.5 Å². The minimum atomic E-state index is -0.424. The number of ether oxygens (including phenoxy) is 1. The number of esters is 1. The first-order chi connectivity index (χ1) is 7.70. The van der Waals surface area contributed by atoms with E-state index in [0.29, 0.717) is 13.0 Å². The molecule has 0 saturated carbocycles. The Morgan fingerprint density at radius 3 is 2.41 bits per heavy atom. The molecule has 0 spiro atoms. The number of halogens is 1. The third-order valence-electron chi connectivity index (χ3n) is 2.24. The van der Waals surface area contributed by atoms with Crippen molar-refractivity contribution in [2.24, 2.45) is 0 Å². The summed E-state index contributed by atoms with van der Waals surface area (Å²) >= 11 is 3.46. The van der Waals surface area contributed by atoms with Gasteiger partial charge < -0.3 is 4.74 Å². The molecule has 0 radical (unpaired) electrons. The normalized spacial score (nSPS) is 11.6. The highest BCUT2D eigenvalue weighted by Gasteiger charge is 2.17.